The van der Waals surface area contributed by atoms with E-state index < -0.39 is 11.9 Å². The van der Waals surface area contributed by atoms with Gasteiger partial charge in [-0.2, -0.15) is 13.2 Å². The van der Waals surface area contributed by atoms with Gasteiger partial charge in [-0.3, -0.25) is 4.79 Å². The van der Waals surface area contributed by atoms with E-state index in [1.807, 2.05) is 6.07 Å². The number of benzene rings is 1. The van der Waals surface area contributed by atoms with Gasteiger partial charge in [0.25, 0.3) is 0 Å². The van der Waals surface area contributed by atoms with E-state index in [1.165, 1.54) is 13.0 Å². The summed E-state index contributed by atoms with van der Waals surface area (Å²) in [4.78, 5) is 14.9. The van der Waals surface area contributed by atoms with Crippen molar-refractivity contribution in [2.75, 3.05) is 0 Å². The minimum atomic E-state index is -4.53. The van der Waals surface area contributed by atoms with Crippen LogP contribution in [0.1, 0.15) is 18.2 Å². The van der Waals surface area contributed by atoms with Gasteiger partial charge >= 0.3 is 6.18 Å². The Morgan fingerprint density at radius 3 is 2.40 bits per heavy atom. The number of aromatic nitrogens is 2. The van der Waals surface area contributed by atoms with E-state index in [0.717, 1.165) is 22.7 Å². The van der Waals surface area contributed by atoms with Gasteiger partial charge in [0.2, 0.25) is 0 Å². The lowest BCUT2D eigenvalue weighted by Crippen LogP contribution is -2.06. The number of alkyl halides is 3. The molecule has 0 aliphatic rings. The Labute approximate surface area is 113 Å². The summed E-state index contributed by atoms with van der Waals surface area (Å²) in [6, 6.07) is 8.87. The van der Waals surface area contributed by atoms with Crippen molar-refractivity contribution in [2.45, 2.75) is 13.1 Å². The number of Topliss-reactive ketones (excluding diaryl/α,β-unsaturated/α-hetero) is 1. The Morgan fingerprint density at radius 1 is 1.25 bits per heavy atom. The van der Waals surface area contributed by atoms with Gasteiger partial charge in [0, 0.05) is 13.1 Å². The number of hydrogen-bond acceptors (Lipinski definition) is 2. The second-order valence-electron chi connectivity index (χ2n) is 4.16. The molecule has 6 heteroatoms. The molecule has 1 aromatic heterocycles. The van der Waals surface area contributed by atoms with Gasteiger partial charge < -0.3 is 4.57 Å². The monoisotopic (exact) mass is 280 g/mol. The van der Waals surface area contributed by atoms with Crippen LogP contribution in [0.25, 0.3) is 11.8 Å². The fourth-order valence-corrected chi connectivity index (χ4v) is 1.67. The average Bonchev–Trinajstić information content (AvgIpc) is 2.86. The third kappa shape index (κ3) is 3.14. The molecule has 0 aliphatic carbocycles. The van der Waals surface area contributed by atoms with Crippen LogP contribution in [0.2, 0.25) is 0 Å². The van der Waals surface area contributed by atoms with E-state index in [1.54, 1.807) is 24.3 Å². The molecule has 0 aliphatic heterocycles. The van der Waals surface area contributed by atoms with Gasteiger partial charge in [-0.15, -0.1) is 0 Å². The maximum Gasteiger partial charge on any atom is 0.434 e. The van der Waals surface area contributed by atoms with Crippen LogP contribution in [0, 0.1) is 0 Å². The molecule has 0 saturated heterocycles. The zero-order valence-corrected chi connectivity index (χ0v) is 10.6. The Morgan fingerprint density at radius 2 is 1.90 bits per heavy atom. The van der Waals surface area contributed by atoms with Crippen LogP contribution in [-0.2, 0) is 11.0 Å². The van der Waals surface area contributed by atoms with Crippen molar-refractivity contribution in [3.8, 4) is 0 Å². The van der Waals surface area contributed by atoms with Crippen LogP contribution >= 0.6 is 0 Å². The molecule has 1 heterocycles. The Hall–Kier alpha value is -2.37. The number of carbonyl (C=O) groups is 1. The number of carbonyl (C=O) groups excluding carboxylic acids is 1. The predicted molar refractivity (Wildman–Crippen MR) is 68.5 cm³/mol. The SMILES string of the molecule is CC(=O)/C(=C/c1ccccc1)n1cnc(C(F)(F)F)c1. The summed E-state index contributed by atoms with van der Waals surface area (Å²) < 4.78 is 38.6. The molecule has 104 valence electrons. The quantitative estimate of drug-likeness (QED) is 0.807. The van der Waals surface area contributed by atoms with Gasteiger partial charge in [-0.1, -0.05) is 30.3 Å². The van der Waals surface area contributed by atoms with E-state index in [2.05, 4.69) is 4.98 Å². The number of imidazole rings is 1. The summed E-state index contributed by atoms with van der Waals surface area (Å²) in [5.74, 6) is -0.347. The lowest BCUT2D eigenvalue weighted by molar-refractivity contribution is -0.141. The van der Waals surface area contributed by atoms with Crippen molar-refractivity contribution >= 4 is 17.6 Å². The van der Waals surface area contributed by atoms with E-state index in [4.69, 9.17) is 0 Å². The zero-order valence-electron chi connectivity index (χ0n) is 10.6. The number of allylic oxidation sites excluding steroid dienone is 1. The first-order valence-electron chi connectivity index (χ1n) is 5.77. The Balaban J connectivity index is 2.42. The first kappa shape index (κ1) is 14.0. The Bertz CT molecular complexity index is 642. The average molecular weight is 280 g/mol. The number of halogens is 3. The molecule has 2 aromatic rings. The molecule has 2 rings (SSSR count). The van der Waals surface area contributed by atoms with Gasteiger partial charge in [-0.05, 0) is 11.6 Å². The maximum absolute atomic E-state index is 12.5. The summed E-state index contributed by atoms with van der Waals surface area (Å²) in [5.41, 5.74) is -0.183. The molecule has 0 unspecified atom stereocenters. The topological polar surface area (TPSA) is 34.9 Å². The van der Waals surface area contributed by atoms with Gasteiger partial charge in [0.05, 0.1) is 12.0 Å². The fourth-order valence-electron chi connectivity index (χ4n) is 1.67. The van der Waals surface area contributed by atoms with Gasteiger partial charge in [0.1, 0.15) is 0 Å². The number of ketones is 1. The summed E-state index contributed by atoms with van der Waals surface area (Å²) in [7, 11) is 0. The molecule has 3 nitrogen and oxygen atoms in total. The summed E-state index contributed by atoms with van der Waals surface area (Å²) in [5, 5.41) is 0. The molecule has 0 N–H and O–H groups in total. The molecule has 0 bridgehead atoms. The lowest BCUT2D eigenvalue weighted by atomic mass is 10.1. The molecule has 1 aromatic carbocycles. The highest BCUT2D eigenvalue weighted by Gasteiger charge is 2.33. The first-order chi connectivity index (χ1) is 9.38. The fraction of sp³-hybridized carbons (Fsp3) is 0.143. The van der Waals surface area contributed by atoms with Crippen molar-refractivity contribution in [1.82, 2.24) is 9.55 Å². The third-order valence-electron chi connectivity index (χ3n) is 2.61. The van der Waals surface area contributed by atoms with Gasteiger partial charge in [-0.25, -0.2) is 4.98 Å². The molecule has 0 spiro atoms. The summed E-state index contributed by atoms with van der Waals surface area (Å²) in [6.45, 7) is 1.29. The lowest BCUT2D eigenvalue weighted by Gasteiger charge is -2.05. The minimum Gasteiger partial charge on any atom is -0.302 e. The molecular formula is C14H11F3N2O. The summed E-state index contributed by atoms with van der Waals surface area (Å²) in [6.07, 6.45) is -1.22. The molecule has 20 heavy (non-hydrogen) atoms. The largest absolute Gasteiger partial charge is 0.434 e. The van der Waals surface area contributed by atoms with E-state index in [0.29, 0.717) is 0 Å². The standard InChI is InChI=1S/C14H11F3N2O/c1-10(20)12(7-11-5-3-2-4-6-11)19-8-13(18-9-19)14(15,16)17/h2-9H,1H3/b12-7-. The molecule has 0 radical (unpaired) electrons. The highest BCUT2D eigenvalue weighted by Crippen LogP contribution is 2.28. The van der Waals surface area contributed by atoms with Crippen LogP contribution < -0.4 is 0 Å². The van der Waals surface area contributed by atoms with E-state index in [-0.39, 0.29) is 11.5 Å². The van der Waals surface area contributed by atoms with Crippen LogP contribution in [0.5, 0.6) is 0 Å². The number of rotatable bonds is 3. The molecule has 0 fully saturated rings. The molecular weight excluding hydrogens is 269 g/mol. The second kappa shape index (κ2) is 5.32. The molecule has 0 atom stereocenters. The van der Waals surface area contributed by atoms with E-state index in [9.17, 15) is 18.0 Å². The molecule has 0 amide bonds. The molecule has 0 saturated carbocycles. The second-order valence-corrected chi connectivity index (χ2v) is 4.16. The minimum absolute atomic E-state index is 0.124. The van der Waals surface area contributed by atoms with Crippen LogP contribution in [0.4, 0.5) is 13.2 Å². The number of hydrogen-bond donors (Lipinski definition) is 0. The normalized spacial score (nSPS) is 12.5. The predicted octanol–water partition coefficient (Wildman–Crippen LogP) is 3.49. The van der Waals surface area contributed by atoms with Crippen molar-refractivity contribution < 1.29 is 18.0 Å². The van der Waals surface area contributed by atoms with Crippen molar-refractivity contribution in [3.05, 3.63) is 54.1 Å². The zero-order chi connectivity index (χ0) is 14.8. The van der Waals surface area contributed by atoms with Crippen molar-refractivity contribution in [2.24, 2.45) is 0 Å². The Kier molecular flexibility index (Phi) is 3.74. The van der Waals surface area contributed by atoms with Crippen LogP contribution in [0.15, 0.2) is 42.9 Å². The maximum atomic E-state index is 12.5. The third-order valence-corrected chi connectivity index (χ3v) is 2.61. The summed E-state index contributed by atoms with van der Waals surface area (Å²) >= 11 is 0. The van der Waals surface area contributed by atoms with Crippen LogP contribution in [0.3, 0.4) is 0 Å². The number of nitrogens with zero attached hydrogens (tertiary/aromatic N) is 2. The smallest absolute Gasteiger partial charge is 0.302 e. The first-order valence-corrected chi connectivity index (χ1v) is 5.77. The highest BCUT2D eigenvalue weighted by molar-refractivity contribution is 6.18. The highest BCUT2D eigenvalue weighted by atomic mass is 19.4. The van der Waals surface area contributed by atoms with Crippen molar-refractivity contribution in [1.29, 1.82) is 0 Å². The van der Waals surface area contributed by atoms with Crippen molar-refractivity contribution in [3.63, 3.8) is 0 Å². The van der Waals surface area contributed by atoms with E-state index >= 15 is 0 Å². The van der Waals surface area contributed by atoms with Gasteiger partial charge in [0.15, 0.2) is 11.5 Å². The van der Waals surface area contributed by atoms with Crippen LogP contribution in [-0.4, -0.2) is 15.3 Å².